The molecule has 3 atom stereocenters. The summed E-state index contributed by atoms with van der Waals surface area (Å²) in [5, 5.41) is 7.73. The van der Waals surface area contributed by atoms with Gasteiger partial charge in [-0.1, -0.05) is 29.9 Å². The molecule has 2 fully saturated rings. The Hall–Kier alpha value is -1.73. The minimum Gasteiger partial charge on any atom is -0.316 e. The van der Waals surface area contributed by atoms with Crippen molar-refractivity contribution >= 4 is 47.1 Å². The van der Waals surface area contributed by atoms with Crippen molar-refractivity contribution in [3.8, 4) is 10.4 Å². The maximum Gasteiger partial charge on any atom is 0.188 e. The number of benzene rings is 1. The molecule has 3 unspecified atom stereocenters. The summed E-state index contributed by atoms with van der Waals surface area (Å²) in [6.07, 6.45) is 8.91. The molecular formula is C23H27Cl2FN4S. The Kier molecular flexibility index (Phi) is 8.28. The standard InChI is InChI=1S/C23H25FN4S.2ClH/c24-19-6-4-16(5-7-19)21-14-27-23(29-21)28-22-11-15(8-9-26-22)10-17-2-1-3-18-12-25-13-20(17)18;;/h4-9,11,14,17-18,20,25H,1-3,10,12-13H2,(H,26,27,28);2*1H. The molecular weight excluding hydrogens is 454 g/mol. The van der Waals surface area contributed by atoms with E-state index < -0.39 is 0 Å². The zero-order chi connectivity index (χ0) is 19.6. The Morgan fingerprint density at radius 2 is 1.90 bits per heavy atom. The summed E-state index contributed by atoms with van der Waals surface area (Å²) >= 11 is 1.55. The molecule has 2 N–H and O–H groups in total. The molecule has 5 rings (SSSR count). The van der Waals surface area contributed by atoms with Crippen LogP contribution in [0, 0.1) is 23.6 Å². The maximum atomic E-state index is 13.1. The van der Waals surface area contributed by atoms with Gasteiger partial charge in [-0.2, -0.15) is 0 Å². The number of nitrogens with one attached hydrogen (secondary N) is 2. The van der Waals surface area contributed by atoms with Crippen LogP contribution >= 0.6 is 36.2 Å². The summed E-state index contributed by atoms with van der Waals surface area (Å²) in [7, 11) is 0. The van der Waals surface area contributed by atoms with Gasteiger partial charge in [0.2, 0.25) is 0 Å². The molecule has 3 aromatic rings. The lowest BCUT2D eigenvalue weighted by Crippen LogP contribution is -2.28. The molecule has 1 aliphatic heterocycles. The Bertz CT molecular complexity index is 982. The molecule has 2 aliphatic rings. The van der Waals surface area contributed by atoms with Crippen LogP contribution in [0.2, 0.25) is 0 Å². The summed E-state index contributed by atoms with van der Waals surface area (Å²) in [5.74, 6) is 3.07. The Morgan fingerprint density at radius 1 is 1.06 bits per heavy atom. The Labute approximate surface area is 198 Å². The molecule has 4 nitrogen and oxygen atoms in total. The van der Waals surface area contributed by atoms with Gasteiger partial charge in [-0.05, 0) is 85.5 Å². The van der Waals surface area contributed by atoms with Crippen molar-refractivity contribution in [1.29, 1.82) is 0 Å². The van der Waals surface area contributed by atoms with E-state index in [-0.39, 0.29) is 30.6 Å². The molecule has 1 saturated carbocycles. The fourth-order valence-corrected chi connectivity index (χ4v) is 5.72. The Balaban J connectivity index is 0.00000136. The van der Waals surface area contributed by atoms with Crippen molar-refractivity contribution in [3.05, 3.63) is 60.2 Å². The predicted molar refractivity (Wildman–Crippen MR) is 130 cm³/mol. The molecule has 1 aliphatic carbocycles. The van der Waals surface area contributed by atoms with Crippen LogP contribution in [0.15, 0.2) is 48.8 Å². The van der Waals surface area contributed by atoms with Crippen LogP contribution in [0.4, 0.5) is 15.3 Å². The first-order chi connectivity index (χ1) is 14.2. The number of halogens is 3. The molecule has 0 spiro atoms. The normalized spacial score (nSPS) is 22.2. The summed E-state index contributed by atoms with van der Waals surface area (Å²) in [4.78, 5) is 9.95. The molecule has 1 saturated heterocycles. The number of pyridine rings is 1. The van der Waals surface area contributed by atoms with Gasteiger partial charge >= 0.3 is 0 Å². The fraction of sp³-hybridized carbons (Fsp3) is 0.391. The van der Waals surface area contributed by atoms with Gasteiger partial charge in [-0.3, -0.25) is 0 Å². The van der Waals surface area contributed by atoms with E-state index in [0.29, 0.717) is 0 Å². The summed E-state index contributed by atoms with van der Waals surface area (Å²) in [6.45, 7) is 2.38. The van der Waals surface area contributed by atoms with Crippen LogP contribution in [0.25, 0.3) is 10.4 Å². The molecule has 3 heterocycles. The highest BCUT2D eigenvalue weighted by Gasteiger charge is 2.36. The van der Waals surface area contributed by atoms with Gasteiger partial charge < -0.3 is 10.6 Å². The maximum absolute atomic E-state index is 13.1. The number of hydrogen-bond acceptors (Lipinski definition) is 5. The van der Waals surface area contributed by atoms with Crippen molar-refractivity contribution in [2.24, 2.45) is 17.8 Å². The van der Waals surface area contributed by atoms with Crippen LogP contribution in [-0.4, -0.2) is 23.1 Å². The molecule has 31 heavy (non-hydrogen) atoms. The zero-order valence-electron chi connectivity index (χ0n) is 17.1. The summed E-state index contributed by atoms with van der Waals surface area (Å²) in [5.41, 5.74) is 2.31. The van der Waals surface area contributed by atoms with Gasteiger partial charge in [0.05, 0.1) is 4.88 Å². The summed E-state index contributed by atoms with van der Waals surface area (Å²) < 4.78 is 13.1. The van der Waals surface area contributed by atoms with Gasteiger partial charge in [0.15, 0.2) is 5.13 Å². The van der Waals surface area contributed by atoms with Crippen LogP contribution in [0.3, 0.4) is 0 Å². The number of fused-ring (bicyclic) bond motifs is 1. The third-order valence-corrected chi connectivity index (χ3v) is 7.30. The van der Waals surface area contributed by atoms with E-state index in [2.05, 4.69) is 32.7 Å². The van der Waals surface area contributed by atoms with E-state index >= 15 is 0 Å². The van der Waals surface area contributed by atoms with Crippen molar-refractivity contribution < 1.29 is 4.39 Å². The number of hydrogen-bond donors (Lipinski definition) is 2. The molecule has 166 valence electrons. The second-order valence-corrected chi connectivity index (χ2v) is 9.22. The lowest BCUT2D eigenvalue weighted by Gasteiger charge is -2.33. The number of aromatic nitrogens is 2. The second-order valence-electron chi connectivity index (χ2n) is 8.19. The van der Waals surface area contributed by atoms with Gasteiger partial charge in [0.1, 0.15) is 11.6 Å². The topological polar surface area (TPSA) is 49.8 Å². The molecule has 0 amide bonds. The highest BCUT2D eigenvalue weighted by molar-refractivity contribution is 7.18. The van der Waals surface area contributed by atoms with E-state index in [9.17, 15) is 4.39 Å². The van der Waals surface area contributed by atoms with Gasteiger partial charge in [-0.25, -0.2) is 14.4 Å². The first kappa shape index (κ1) is 23.9. The number of thiazole rings is 1. The van der Waals surface area contributed by atoms with Crippen LogP contribution in [-0.2, 0) is 6.42 Å². The van der Waals surface area contributed by atoms with Crippen LogP contribution in [0.5, 0.6) is 0 Å². The quantitative estimate of drug-likeness (QED) is 0.462. The summed E-state index contributed by atoms with van der Waals surface area (Å²) in [6, 6.07) is 10.8. The van der Waals surface area contributed by atoms with Crippen LogP contribution < -0.4 is 10.6 Å². The minimum atomic E-state index is -0.227. The van der Waals surface area contributed by atoms with Crippen molar-refractivity contribution in [2.75, 3.05) is 18.4 Å². The largest absolute Gasteiger partial charge is 0.316 e. The van der Waals surface area contributed by atoms with E-state index in [1.54, 1.807) is 23.5 Å². The average Bonchev–Trinajstić information content (AvgIpc) is 3.39. The zero-order valence-corrected chi connectivity index (χ0v) is 19.5. The predicted octanol–water partition coefficient (Wildman–Crippen LogP) is 6.11. The Morgan fingerprint density at radius 3 is 2.74 bits per heavy atom. The third-order valence-electron chi connectivity index (χ3n) is 6.34. The minimum absolute atomic E-state index is 0. The first-order valence-corrected chi connectivity index (χ1v) is 11.2. The van der Waals surface area contributed by atoms with Crippen LogP contribution in [0.1, 0.15) is 24.8 Å². The van der Waals surface area contributed by atoms with Crippen molar-refractivity contribution in [2.45, 2.75) is 25.7 Å². The SMILES string of the molecule is Cl.Cl.Fc1ccc(-c2cnc(Nc3cc(CC4CCCC5CNCC54)ccn3)s2)cc1. The van der Waals surface area contributed by atoms with Crippen molar-refractivity contribution in [3.63, 3.8) is 0 Å². The molecule has 8 heteroatoms. The smallest absolute Gasteiger partial charge is 0.188 e. The lowest BCUT2D eigenvalue weighted by molar-refractivity contribution is 0.198. The van der Waals surface area contributed by atoms with E-state index in [1.165, 1.54) is 50.0 Å². The number of anilines is 2. The van der Waals surface area contributed by atoms with E-state index in [1.807, 2.05) is 12.4 Å². The lowest BCUT2D eigenvalue weighted by atomic mass is 9.72. The van der Waals surface area contributed by atoms with Gasteiger partial charge in [0.25, 0.3) is 0 Å². The molecule has 0 radical (unpaired) electrons. The van der Waals surface area contributed by atoms with Gasteiger partial charge in [-0.15, -0.1) is 24.8 Å². The van der Waals surface area contributed by atoms with E-state index in [4.69, 9.17) is 0 Å². The monoisotopic (exact) mass is 480 g/mol. The molecule has 1 aromatic carbocycles. The second kappa shape index (κ2) is 10.7. The van der Waals surface area contributed by atoms with E-state index in [0.717, 1.165) is 45.6 Å². The molecule has 0 bridgehead atoms. The van der Waals surface area contributed by atoms with Gasteiger partial charge in [0, 0.05) is 12.4 Å². The highest BCUT2D eigenvalue weighted by atomic mass is 35.5. The first-order valence-electron chi connectivity index (χ1n) is 10.4. The number of rotatable bonds is 5. The number of nitrogens with zero attached hydrogens (tertiary/aromatic N) is 2. The average molecular weight is 481 g/mol. The highest BCUT2D eigenvalue weighted by Crippen LogP contribution is 2.39. The van der Waals surface area contributed by atoms with Crippen molar-refractivity contribution in [1.82, 2.24) is 15.3 Å². The fourth-order valence-electron chi connectivity index (χ4n) is 4.89. The third kappa shape index (κ3) is 5.55. The molecule has 2 aromatic heterocycles.